The molecular weight excluding hydrogens is 202 g/mol. The summed E-state index contributed by atoms with van der Waals surface area (Å²) in [7, 11) is 0. The summed E-state index contributed by atoms with van der Waals surface area (Å²) in [5.74, 6) is 1.08. The number of rotatable bonds is 3. The highest BCUT2D eigenvalue weighted by atomic mass is 16.5. The Labute approximate surface area is 86.4 Å². The Morgan fingerprint density at radius 2 is 2.20 bits per heavy atom. The van der Waals surface area contributed by atoms with Crippen molar-refractivity contribution in [2.45, 2.75) is 18.6 Å². The largest absolute Gasteiger partial charge is 0.480 e. The van der Waals surface area contributed by atoms with Crippen molar-refractivity contribution < 1.29 is 24.5 Å². The fourth-order valence-electron chi connectivity index (χ4n) is 1.53. The molecule has 1 amide bonds. The van der Waals surface area contributed by atoms with Crippen molar-refractivity contribution in [3.63, 3.8) is 0 Å². The summed E-state index contributed by atoms with van der Waals surface area (Å²) < 4.78 is 5.11. The first-order valence-electron chi connectivity index (χ1n) is 4.33. The number of amides is 1. The summed E-state index contributed by atoms with van der Waals surface area (Å²) in [6.07, 6.45) is 3.43. The minimum Gasteiger partial charge on any atom is -0.480 e. The van der Waals surface area contributed by atoms with Crippen LogP contribution in [0.15, 0.2) is 0 Å². The second-order valence-electron chi connectivity index (χ2n) is 3.16. The molecule has 1 aliphatic rings. The molecule has 6 heteroatoms. The summed E-state index contributed by atoms with van der Waals surface area (Å²) in [5, 5.41) is 17.5. The summed E-state index contributed by atoms with van der Waals surface area (Å²) in [4.78, 5) is 22.3. The van der Waals surface area contributed by atoms with E-state index in [1.807, 2.05) is 0 Å². The van der Waals surface area contributed by atoms with Gasteiger partial charge in [-0.15, -0.1) is 6.42 Å². The number of likely N-dealkylation sites (tertiary alicyclic amines) is 1. The van der Waals surface area contributed by atoms with E-state index < -0.39 is 24.2 Å². The zero-order valence-electron chi connectivity index (χ0n) is 7.92. The van der Waals surface area contributed by atoms with Crippen LogP contribution in [0.4, 0.5) is 4.79 Å². The van der Waals surface area contributed by atoms with Crippen molar-refractivity contribution in [2.24, 2.45) is 0 Å². The molecule has 0 aromatic heterocycles. The highest BCUT2D eigenvalue weighted by molar-refractivity contribution is 5.80. The Bertz CT molecular complexity index is 286. The van der Waals surface area contributed by atoms with Gasteiger partial charge in [-0.3, -0.25) is 4.90 Å². The maximum Gasteiger partial charge on any atom is 0.408 e. The van der Waals surface area contributed by atoms with E-state index >= 15 is 0 Å². The van der Waals surface area contributed by atoms with Gasteiger partial charge in [-0.25, -0.2) is 9.59 Å². The van der Waals surface area contributed by atoms with E-state index in [9.17, 15) is 9.59 Å². The van der Waals surface area contributed by atoms with Gasteiger partial charge in [0, 0.05) is 6.42 Å². The predicted octanol–water partition coefficient (Wildman–Crippen LogP) is -0.158. The van der Waals surface area contributed by atoms with Crippen LogP contribution in [0.2, 0.25) is 0 Å². The Morgan fingerprint density at radius 3 is 2.60 bits per heavy atom. The summed E-state index contributed by atoms with van der Waals surface area (Å²) in [6, 6.07) is -1.04. The molecule has 0 saturated carbocycles. The van der Waals surface area contributed by atoms with Gasteiger partial charge in [0.15, 0.2) is 0 Å². The van der Waals surface area contributed by atoms with Gasteiger partial charge in [-0.1, -0.05) is 5.92 Å². The molecule has 0 spiro atoms. The smallest absolute Gasteiger partial charge is 0.408 e. The topological polar surface area (TPSA) is 87.1 Å². The van der Waals surface area contributed by atoms with Crippen molar-refractivity contribution >= 4 is 12.1 Å². The molecule has 82 valence electrons. The van der Waals surface area contributed by atoms with Crippen LogP contribution in [0, 0.1) is 12.3 Å². The molecule has 1 saturated heterocycles. The molecule has 0 radical (unpaired) electrons. The zero-order chi connectivity index (χ0) is 11.4. The molecule has 0 aliphatic carbocycles. The SMILES string of the molecule is C#CCO[C@@H]1C[C@H](C(=O)O)N(C(=O)O)C1. The van der Waals surface area contributed by atoms with Crippen LogP contribution in [0.1, 0.15) is 6.42 Å². The normalized spacial score (nSPS) is 24.9. The van der Waals surface area contributed by atoms with Crippen LogP contribution in [-0.4, -0.2) is 52.5 Å². The number of carboxylic acid groups (broad SMARTS) is 2. The molecule has 0 aromatic carbocycles. The zero-order valence-corrected chi connectivity index (χ0v) is 7.92. The van der Waals surface area contributed by atoms with Gasteiger partial charge in [0.1, 0.15) is 12.6 Å². The first-order valence-corrected chi connectivity index (χ1v) is 4.33. The first kappa shape index (κ1) is 11.3. The average Bonchev–Trinajstić information content (AvgIpc) is 2.58. The van der Waals surface area contributed by atoms with Crippen molar-refractivity contribution in [1.29, 1.82) is 0 Å². The minimum atomic E-state index is -1.26. The van der Waals surface area contributed by atoms with Gasteiger partial charge in [0.25, 0.3) is 0 Å². The van der Waals surface area contributed by atoms with Crippen molar-refractivity contribution in [2.75, 3.05) is 13.2 Å². The molecule has 2 atom stereocenters. The van der Waals surface area contributed by atoms with Crippen LogP contribution in [-0.2, 0) is 9.53 Å². The van der Waals surface area contributed by atoms with Crippen LogP contribution in [0.3, 0.4) is 0 Å². The highest BCUT2D eigenvalue weighted by Gasteiger charge is 2.40. The van der Waals surface area contributed by atoms with Crippen LogP contribution >= 0.6 is 0 Å². The number of carbonyl (C=O) groups is 2. The maximum atomic E-state index is 10.7. The van der Waals surface area contributed by atoms with Gasteiger partial charge < -0.3 is 14.9 Å². The number of carboxylic acids is 1. The van der Waals surface area contributed by atoms with Crippen molar-refractivity contribution in [1.82, 2.24) is 4.90 Å². The summed E-state index contributed by atoms with van der Waals surface area (Å²) in [5.41, 5.74) is 0. The molecule has 6 nitrogen and oxygen atoms in total. The van der Waals surface area contributed by atoms with E-state index in [-0.39, 0.29) is 19.6 Å². The fraction of sp³-hybridized carbons (Fsp3) is 0.556. The molecule has 0 bridgehead atoms. The highest BCUT2D eigenvalue weighted by Crippen LogP contribution is 2.20. The molecule has 1 fully saturated rings. The lowest BCUT2D eigenvalue weighted by atomic mass is 10.2. The minimum absolute atomic E-state index is 0.0496. The monoisotopic (exact) mass is 213 g/mol. The number of hydrogen-bond donors (Lipinski definition) is 2. The van der Waals surface area contributed by atoms with Gasteiger partial charge in [-0.05, 0) is 0 Å². The van der Waals surface area contributed by atoms with E-state index in [4.69, 9.17) is 21.4 Å². The Morgan fingerprint density at radius 1 is 1.53 bits per heavy atom. The van der Waals surface area contributed by atoms with Gasteiger partial charge in [0.05, 0.1) is 12.6 Å². The molecule has 1 rings (SSSR count). The fourth-order valence-corrected chi connectivity index (χ4v) is 1.53. The number of ether oxygens (including phenoxy) is 1. The molecule has 2 N–H and O–H groups in total. The van der Waals surface area contributed by atoms with E-state index in [2.05, 4.69) is 5.92 Å². The van der Waals surface area contributed by atoms with E-state index in [0.29, 0.717) is 0 Å². The number of terminal acetylenes is 1. The molecule has 15 heavy (non-hydrogen) atoms. The molecule has 0 unspecified atom stereocenters. The third-order valence-electron chi connectivity index (χ3n) is 2.20. The third kappa shape index (κ3) is 2.60. The maximum absolute atomic E-state index is 10.7. The molecule has 1 heterocycles. The Hall–Kier alpha value is -1.74. The van der Waals surface area contributed by atoms with Gasteiger partial charge in [0.2, 0.25) is 0 Å². The second kappa shape index (κ2) is 4.66. The van der Waals surface area contributed by atoms with Crippen LogP contribution in [0.25, 0.3) is 0 Å². The van der Waals surface area contributed by atoms with E-state index in [1.54, 1.807) is 0 Å². The standard InChI is InChI=1S/C9H11NO5/c1-2-3-15-6-4-7(8(11)12)10(5-6)9(13)14/h1,6-7H,3-5H2,(H,11,12)(H,13,14)/t6-,7-/m1/s1. The molecule has 0 aromatic rings. The average molecular weight is 213 g/mol. The predicted molar refractivity (Wildman–Crippen MR) is 49.3 cm³/mol. The lowest BCUT2D eigenvalue weighted by molar-refractivity contribution is -0.141. The van der Waals surface area contributed by atoms with Gasteiger partial charge >= 0.3 is 12.1 Å². The van der Waals surface area contributed by atoms with Crippen LogP contribution < -0.4 is 0 Å². The van der Waals surface area contributed by atoms with Crippen molar-refractivity contribution in [3.8, 4) is 12.3 Å². The van der Waals surface area contributed by atoms with E-state index in [0.717, 1.165) is 4.90 Å². The number of nitrogens with zero attached hydrogens (tertiary/aromatic N) is 1. The number of hydrogen-bond acceptors (Lipinski definition) is 3. The Balaban J connectivity index is 2.62. The van der Waals surface area contributed by atoms with E-state index in [1.165, 1.54) is 0 Å². The molecular formula is C9H11NO5. The third-order valence-corrected chi connectivity index (χ3v) is 2.20. The summed E-state index contributed by atoms with van der Waals surface area (Å²) in [6.45, 7) is 0.110. The van der Waals surface area contributed by atoms with Crippen LogP contribution in [0.5, 0.6) is 0 Å². The molecule has 1 aliphatic heterocycles. The summed E-state index contributed by atoms with van der Waals surface area (Å²) >= 11 is 0. The van der Waals surface area contributed by atoms with Crippen molar-refractivity contribution in [3.05, 3.63) is 0 Å². The first-order chi connectivity index (χ1) is 7.06. The quantitative estimate of drug-likeness (QED) is 0.636. The number of aliphatic carboxylic acids is 1. The second-order valence-corrected chi connectivity index (χ2v) is 3.16. The lowest BCUT2D eigenvalue weighted by Crippen LogP contribution is -2.39. The lowest BCUT2D eigenvalue weighted by Gasteiger charge is -2.16. The van der Waals surface area contributed by atoms with Gasteiger partial charge in [-0.2, -0.15) is 0 Å². The Kier molecular flexibility index (Phi) is 3.52.